The Kier molecular flexibility index (Phi) is 5.80. The molecule has 0 aromatic carbocycles. The highest BCUT2D eigenvalue weighted by molar-refractivity contribution is 5.30. The molecule has 5 aliphatic rings. The quantitative estimate of drug-likeness (QED) is 0.421. The van der Waals surface area contributed by atoms with Gasteiger partial charge in [-0.3, -0.25) is 0 Å². The van der Waals surface area contributed by atoms with Gasteiger partial charge in [0.25, 0.3) is 0 Å². The van der Waals surface area contributed by atoms with Gasteiger partial charge in [0.05, 0.1) is 11.7 Å². The number of aliphatic hydroxyl groups is 1. The second-order valence-electron chi connectivity index (χ2n) is 15.7. The van der Waals surface area contributed by atoms with Gasteiger partial charge in [-0.1, -0.05) is 48.5 Å². The Morgan fingerprint density at radius 1 is 0.853 bits per heavy atom. The molecule has 2 spiro atoms. The first-order valence-electron chi connectivity index (χ1n) is 15.0. The lowest BCUT2D eigenvalue weighted by Gasteiger charge is -2.63. The minimum atomic E-state index is -0.0953. The molecule has 5 rings (SSSR count). The topological polar surface area (TPSA) is 29.5 Å². The van der Waals surface area contributed by atoms with E-state index in [0.29, 0.717) is 27.6 Å². The van der Waals surface area contributed by atoms with Crippen LogP contribution in [0.25, 0.3) is 0 Å². The molecule has 2 nitrogen and oxygen atoms in total. The van der Waals surface area contributed by atoms with E-state index in [1.165, 1.54) is 64.2 Å². The van der Waals surface area contributed by atoms with Crippen molar-refractivity contribution in [2.24, 2.45) is 56.7 Å². The van der Waals surface area contributed by atoms with Crippen LogP contribution in [0.4, 0.5) is 0 Å². The molecule has 5 saturated carbocycles. The van der Waals surface area contributed by atoms with Crippen LogP contribution in [-0.2, 0) is 4.74 Å². The molecule has 0 amide bonds. The van der Waals surface area contributed by atoms with E-state index < -0.39 is 0 Å². The Hall–Kier alpha value is -0.0800. The fourth-order valence-corrected chi connectivity index (χ4v) is 11.6. The van der Waals surface area contributed by atoms with E-state index in [2.05, 4.69) is 55.4 Å². The van der Waals surface area contributed by atoms with Gasteiger partial charge in [0.1, 0.15) is 0 Å². The SMILES string of the molecule is CO[C@@](C)(CC[C@@H](C)[C@H]1CC[C@]2(C)[C@H]3CC[C@@H]4C(C)(C)[C@@H](O)CC[C@@]45C[C@@]35CC[C@]12C)C(C)C. The maximum atomic E-state index is 10.9. The normalized spacial score (nSPS) is 51.6. The molecule has 0 aromatic rings. The van der Waals surface area contributed by atoms with E-state index in [-0.39, 0.29) is 17.1 Å². The predicted molar refractivity (Wildman–Crippen MR) is 142 cm³/mol. The summed E-state index contributed by atoms with van der Waals surface area (Å²) >= 11 is 0. The zero-order chi connectivity index (χ0) is 24.9. The van der Waals surface area contributed by atoms with Gasteiger partial charge in [0.15, 0.2) is 0 Å². The van der Waals surface area contributed by atoms with E-state index in [9.17, 15) is 5.11 Å². The third-order valence-corrected chi connectivity index (χ3v) is 14.6. The molecule has 5 aliphatic carbocycles. The van der Waals surface area contributed by atoms with Crippen molar-refractivity contribution >= 4 is 0 Å². The Balaban J connectivity index is 1.37. The van der Waals surface area contributed by atoms with Crippen molar-refractivity contribution in [3.8, 4) is 0 Å². The molecule has 34 heavy (non-hydrogen) atoms. The monoisotopic (exact) mass is 472 g/mol. The summed E-state index contributed by atoms with van der Waals surface area (Å²) in [6.45, 7) is 19.8. The Morgan fingerprint density at radius 2 is 1.50 bits per heavy atom. The Labute approximate surface area is 211 Å². The molecule has 10 atom stereocenters. The molecule has 0 aliphatic heterocycles. The highest BCUT2D eigenvalue weighted by Crippen LogP contribution is 2.89. The summed E-state index contributed by atoms with van der Waals surface area (Å²) < 4.78 is 6.01. The molecule has 196 valence electrons. The van der Waals surface area contributed by atoms with Crippen molar-refractivity contribution in [2.45, 2.75) is 138 Å². The van der Waals surface area contributed by atoms with Crippen LogP contribution in [0.5, 0.6) is 0 Å². The number of hydrogen-bond acceptors (Lipinski definition) is 2. The zero-order valence-corrected chi connectivity index (χ0v) is 24.1. The predicted octanol–water partition coefficient (Wildman–Crippen LogP) is 8.26. The third-order valence-electron chi connectivity index (χ3n) is 14.6. The van der Waals surface area contributed by atoms with Crippen LogP contribution in [0.3, 0.4) is 0 Å². The van der Waals surface area contributed by atoms with Crippen molar-refractivity contribution in [3.05, 3.63) is 0 Å². The van der Waals surface area contributed by atoms with E-state index in [1.807, 2.05) is 7.11 Å². The third kappa shape index (κ3) is 3.00. The number of hydrogen-bond donors (Lipinski definition) is 1. The first-order chi connectivity index (χ1) is 15.7. The van der Waals surface area contributed by atoms with E-state index in [1.54, 1.807) is 0 Å². The second-order valence-corrected chi connectivity index (χ2v) is 15.7. The van der Waals surface area contributed by atoms with Crippen molar-refractivity contribution in [1.82, 2.24) is 0 Å². The molecule has 0 bridgehead atoms. The van der Waals surface area contributed by atoms with E-state index >= 15 is 0 Å². The first-order valence-corrected chi connectivity index (χ1v) is 15.0. The Morgan fingerprint density at radius 3 is 2.15 bits per heavy atom. The minimum Gasteiger partial charge on any atom is -0.393 e. The van der Waals surface area contributed by atoms with Gasteiger partial charge in [-0.05, 0) is 134 Å². The fourth-order valence-electron chi connectivity index (χ4n) is 11.6. The van der Waals surface area contributed by atoms with Gasteiger partial charge in [-0.2, -0.15) is 0 Å². The molecular weight excluding hydrogens is 416 g/mol. The average Bonchev–Trinajstić information content (AvgIpc) is 3.37. The lowest BCUT2D eigenvalue weighted by molar-refractivity contribution is -0.162. The number of ether oxygens (including phenoxy) is 1. The summed E-state index contributed by atoms with van der Waals surface area (Å²) in [4.78, 5) is 0. The lowest BCUT2D eigenvalue weighted by atomic mass is 9.41. The van der Waals surface area contributed by atoms with Crippen molar-refractivity contribution in [1.29, 1.82) is 0 Å². The molecule has 0 unspecified atom stereocenters. The summed E-state index contributed by atoms with van der Waals surface area (Å²) in [7, 11) is 1.91. The summed E-state index contributed by atoms with van der Waals surface area (Å²) in [6, 6.07) is 0. The highest BCUT2D eigenvalue weighted by atomic mass is 16.5. The van der Waals surface area contributed by atoms with Crippen LogP contribution in [-0.4, -0.2) is 23.9 Å². The average molecular weight is 473 g/mol. The molecule has 1 N–H and O–H groups in total. The number of aliphatic hydroxyl groups excluding tert-OH is 1. The number of rotatable bonds is 6. The highest BCUT2D eigenvalue weighted by Gasteiger charge is 2.82. The van der Waals surface area contributed by atoms with Crippen molar-refractivity contribution < 1.29 is 9.84 Å². The van der Waals surface area contributed by atoms with Crippen molar-refractivity contribution in [3.63, 3.8) is 0 Å². The molecule has 0 aromatic heterocycles. The summed E-state index contributed by atoms with van der Waals surface area (Å²) in [5, 5.41) is 10.9. The number of fused-ring (bicyclic) bond motifs is 2. The molecule has 0 saturated heterocycles. The van der Waals surface area contributed by atoms with Crippen molar-refractivity contribution in [2.75, 3.05) is 7.11 Å². The minimum absolute atomic E-state index is 0.00478. The molecule has 0 radical (unpaired) electrons. The first kappa shape index (κ1) is 25.6. The van der Waals surface area contributed by atoms with Gasteiger partial charge in [-0.25, -0.2) is 0 Å². The van der Waals surface area contributed by atoms with Gasteiger partial charge in [0, 0.05) is 7.11 Å². The lowest BCUT2D eigenvalue weighted by Crippen LogP contribution is -2.57. The summed E-state index contributed by atoms with van der Waals surface area (Å²) in [5.41, 5.74) is 2.26. The van der Waals surface area contributed by atoms with E-state index in [0.717, 1.165) is 30.1 Å². The zero-order valence-electron chi connectivity index (χ0n) is 24.1. The van der Waals surface area contributed by atoms with Crippen LogP contribution in [0.15, 0.2) is 0 Å². The van der Waals surface area contributed by atoms with Crippen LogP contribution < -0.4 is 0 Å². The molecular formula is C32H56O2. The fraction of sp³-hybridized carbons (Fsp3) is 1.00. The molecule has 2 heteroatoms. The second kappa shape index (κ2) is 7.72. The largest absolute Gasteiger partial charge is 0.393 e. The summed E-state index contributed by atoms with van der Waals surface area (Å²) in [6.07, 6.45) is 14.8. The maximum absolute atomic E-state index is 10.9. The van der Waals surface area contributed by atoms with Gasteiger partial charge in [-0.15, -0.1) is 0 Å². The van der Waals surface area contributed by atoms with Crippen LogP contribution in [0.1, 0.15) is 126 Å². The van der Waals surface area contributed by atoms with Gasteiger partial charge < -0.3 is 9.84 Å². The molecule has 0 heterocycles. The van der Waals surface area contributed by atoms with Gasteiger partial charge in [0.2, 0.25) is 0 Å². The van der Waals surface area contributed by atoms with Crippen LogP contribution in [0, 0.1) is 56.7 Å². The smallest absolute Gasteiger partial charge is 0.0673 e. The summed E-state index contributed by atoms with van der Waals surface area (Å²) in [5.74, 6) is 3.86. The molecule has 5 fully saturated rings. The maximum Gasteiger partial charge on any atom is 0.0673 e. The standard InChI is InChI=1S/C32H56O2/c1-21(2)30(8,34-9)16-12-22(3)23-13-15-29(7)25-11-10-24-27(4,5)26(33)14-17-31(24)20-32(25,31)19-18-28(23,29)6/h21-26,33H,10-20H2,1-9H3/t22-,23-,24-,25-,26+,28-,29-,30+,31-,32+/m1/s1. The van der Waals surface area contributed by atoms with Crippen LogP contribution in [0.2, 0.25) is 0 Å². The van der Waals surface area contributed by atoms with E-state index in [4.69, 9.17) is 4.74 Å². The van der Waals surface area contributed by atoms with Crippen LogP contribution >= 0.6 is 0 Å². The Bertz CT molecular complexity index is 803. The van der Waals surface area contributed by atoms with Gasteiger partial charge >= 0.3 is 0 Å². The number of methoxy groups -OCH3 is 1.